The summed E-state index contributed by atoms with van der Waals surface area (Å²) in [6.07, 6.45) is 6.04. The number of sulfone groups is 1. The van der Waals surface area contributed by atoms with Gasteiger partial charge in [-0.15, -0.1) is 0 Å². The van der Waals surface area contributed by atoms with E-state index in [1.54, 1.807) is 6.07 Å². The van der Waals surface area contributed by atoms with Crippen molar-refractivity contribution in [1.29, 1.82) is 0 Å². The Hall–Kier alpha value is -3.96. The fraction of sp³-hybridized carbons (Fsp3) is 0.314. The zero-order valence-electron chi connectivity index (χ0n) is 25.8. The maximum Gasteiger partial charge on any atom is 0.177 e. The topological polar surface area (TPSA) is 115 Å². The van der Waals surface area contributed by atoms with Crippen LogP contribution in [0.15, 0.2) is 78.0 Å². The maximum atomic E-state index is 11.9. The van der Waals surface area contributed by atoms with Gasteiger partial charge in [-0.25, -0.2) is 8.42 Å². The summed E-state index contributed by atoms with van der Waals surface area (Å²) in [7, 11) is -3.43. The second-order valence-electron chi connectivity index (χ2n) is 11.4. The number of halogens is 1. The Bertz CT molecular complexity index is 1800. The lowest BCUT2D eigenvalue weighted by atomic mass is 9.96. The van der Waals surface area contributed by atoms with Crippen molar-refractivity contribution >= 4 is 27.7 Å². The molecular weight excluding hydrogens is 628 g/mol. The summed E-state index contributed by atoms with van der Waals surface area (Å²) in [6, 6.07) is 18.6. The Morgan fingerprint density at radius 3 is 2.59 bits per heavy atom. The highest BCUT2D eigenvalue weighted by Crippen LogP contribution is 2.34. The third-order valence-electron chi connectivity index (χ3n) is 7.89. The molecule has 242 valence electrons. The fourth-order valence-corrected chi connectivity index (χ4v) is 6.18. The molecule has 0 radical (unpaired) electrons. The van der Waals surface area contributed by atoms with E-state index in [-0.39, 0.29) is 40.5 Å². The van der Waals surface area contributed by atoms with Crippen molar-refractivity contribution in [3.05, 3.63) is 100 Å². The molecule has 11 heteroatoms. The monoisotopic (exact) mass is 664 g/mol. The lowest BCUT2D eigenvalue weighted by molar-refractivity contribution is 0.111. The molecule has 4 aromatic rings. The number of nitrogens with zero attached hydrogens (tertiary/aromatic N) is 2. The van der Waals surface area contributed by atoms with Gasteiger partial charge in [0.1, 0.15) is 30.5 Å². The van der Waals surface area contributed by atoms with Crippen LogP contribution in [0.2, 0.25) is 5.02 Å². The molecule has 5 rings (SSSR count). The van der Waals surface area contributed by atoms with Crippen LogP contribution in [0.4, 0.5) is 0 Å². The summed E-state index contributed by atoms with van der Waals surface area (Å²) < 4.78 is 41.8. The quantitative estimate of drug-likeness (QED) is 0.130. The first-order chi connectivity index (χ1) is 22.1. The van der Waals surface area contributed by atoms with Gasteiger partial charge < -0.3 is 24.2 Å². The smallest absolute Gasteiger partial charge is 0.177 e. The van der Waals surface area contributed by atoms with Gasteiger partial charge in [0.25, 0.3) is 0 Å². The molecule has 2 heterocycles. The molecular formula is C35H37ClN2O7S. The summed E-state index contributed by atoms with van der Waals surface area (Å²) in [5.41, 5.74) is 4.84. The van der Waals surface area contributed by atoms with Crippen molar-refractivity contribution in [3.63, 3.8) is 0 Å². The van der Waals surface area contributed by atoms with Gasteiger partial charge in [0.05, 0.1) is 28.2 Å². The highest BCUT2D eigenvalue weighted by atomic mass is 35.5. The van der Waals surface area contributed by atoms with E-state index in [4.69, 9.17) is 25.8 Å². The van der Waals surface area contributed by atoms with Gasteiger partial charge in [-0.2, -0.15) is 0 Å². The summed E-state index contributed by atoms with van der Waals surface area (Å²) in [5, 5.41) is 9.97. The molecule has 0 spiro atoms. The fourth-order valence-electron chi connectivity index (χ4n) is 5.34. The number of hydrogen-bond donors (Lipinski definition) is 1. The number of rotatable bonds is 14. The standard InChI is InChI=1S/C35H37ClN2O7S/c1-24-27(7-4-9-32(24)26-6-3-8-30(15-26)43-13-5-11-38-12-10-29(40)20-38)23-45-35-17-34(28(21-39)16-33(35)36)44-22-25-14-31(19-37-18-25)46(2,41)42/h3-4,6-9,14-19,21,29,40H,5,10-13,20,22-23H2,1-2H3. The molecule has 1 N–H and O–H groups in total. The van der Waals surface area contributed by atoms with Crippen molar-refractivity contribution < 1.29 is 32.5 Å². The van der Waals surface area contributed by atoms with E-state index in [0.29, 0.717) is 24.2 Å². The van der Waals surface area contributed by atoms with E-state index >= 15 is 0 Å². The Labute approximate surface area is 274 Å². The normalized spacial score (nSPS) is 15.1. The zero-order valence-corrected chi connectivity index (χ0v) is 27.4. The van der Waals surface area contributed by atoms with E-state index in [0.717, 1.165) is 66.7 Å². The Balaban J connectivity index is 1.24. The number of aliphatic hydroxyl groups excluding tert-OH is 1. The van der Waals surface area contributed by atoms with Crippen molar-refractivity contribution in [2.45, 2.75) is 44.0 Å². The highest BCUT2D eigenvalue weighted by molar-refractivity contribution is 7.90. The molecule has 1 fully saturated rings. The zero-order chi connectivity index (χ0) is 32.7. The number of carbonyl (C=O) groups is 1. The third kappa shape index (κ3) is 8.64. The first-order valence-electron chi connectivity index (χ1n) is 15.0. The first kappa shape index (κ1) is 33.4. The highest BCUT2D eigenvalue weighted by Gasteiger charge is 2.19. The van der Waals surface area contributed by atoms with Crippen LogP contribution in [0.3, 0.4) is 0 Å². The molecule has 1 atom stereocenters. The van der Waals surface area contributed by atoms with Crippen LogP contribution in [0.25, 0.3) is 11.1 Å². The number of likely N-dealkylation sites (tertiary alicyclic amines) is 1. The van der Waals surface area contributed by atoms with Crippen LogP contribution < -0.4 is 14.2 Å². The Morgan fingerprint density at radius 1 is 1.02 bits per heavy atom. The van der Waals surface area contributed by atoms with Gasteiger partial charge >= 0.3 is 0 Å². The van der Waals surface area contributed by atoms with Crippen LogP contribution in [0.1, 0.15) is 39.9 Å². The van der Waals surface area contributed by atoms with Gasteiger partial charge in [-0.05, 0) is 66.3 Å². The van der Waals surface area contributed by atoms with E-state index in [1.807, 2.05) is 43.3 Å². The van der Waals surface area contributed by atoms with Crippen LogP contribution in [-0.4, -0.2) is 68.3 Å². The van der Waals surface area contributed by atoms with Crippen LogP contribution in [0, 0.1) is 6.92 Å². The third-order valence-corrected chi connectivity index (χ3v) is 9.27. The molecule has 46 heavy (non-hydrogen) atoms. The number of aromatic nitrogens is 1. The number of carbonyl (C=O) groups excluding carboxylic acids is 1. The van der Waals surface area contributed by atoms with Gasteiger partial charge in [0.2, 0.25) is 0 Å². The number of hydrogen-bond acceptors (Lipinski definition) is 9. The van der Waals surface area contributed by atoms with Gasteiger partial charge in [0.15, 0.2) is 16.1 Å². The molecule has 3 aromatic carbocycles. The van der Waals surface area contributed by atoms with Gasteiger partial charge in [0, 0.05) is 49.9 Å². The lowest BCUT2D eigenvalue weighted by Gasteiger charge is -2.16. The molecule has 0 amide bonds. The minimum absolute atomic E-state index is 0.00914. The number of β-amino-alcohol motifs (C(OH)–C–C–N with tert-alkyl or cyclic N) is 1. The van der Waals surface area contributed by atoms with Crippen LogP contribution in [0.5, 0.6) is 17.2 Å². The minimum atomic E-state index is -3.43. The molecule has 1 aliphatic heterocycles. The Morgan fingerprint density at radius 2 is 1.83 bits per heavy atom. The molecule has 1 saturated heterocycles. The van der Waals surface area contributed by atoms with E-state index in [1.165, 1.54) is 24.5 Å². The second-order valence-corrected chi connectivity index (χ2v) is 13.8. The molecule has 1 aromatic heterocycles. The van der Waals surface area contributed by atoms with Crippen molar-refractivity contribution in [1.82, 2.24) is 9.88 Å². The molecule has 1 unspecified atom stereocenters. The van der Waals surface area contributed by atoms with Gasteiger partial charge in [-0.3, -0.25) is 9.78 Å². The predicted molar refractivity (Wildman–Crippen MR) is 177 cm³/mol. The van der Waals surface area contributed by atoms with Crippen molar-refractivity contribution in [3.8, 4) is 28.4 Å². The summed E-state index contributed by atoms with van der Waals surface area (Å²) in [5.74, 6) is 1.39. The molecule has 0 saturated carbocycles. The summed E-state index contributed by atoms with van der Waals surface area (Å²) in [6.45, 7) is 5.43. The average molecular weight is 665 g/mol. The first-order valence-corrected chi connectivity index (χ1v) is 17.3. The summed E-state index contributed by atoms with van der Waals surface area (Å²) >= 11 is 6.47. The largest absolute Gasteiger partial charge is 0.494 e. The molecule has 0 bridgehead atoms. The van der Waals surface area contributed by atoms with E-state index in [9.17, 15) is 18.3 Å². The van der Waals surface area contributed by atoms with Gasteiger partial charge in [-0.1, -0.05) is 41.9 Å². The number of benzene rings is 3. The Kier molecular flexibility index (Phi) is 11.0. The number of aldehydes is 1. The summed E-state index contributed by atoms with van der Waals surface area (Å²) in [4.78, 5) is 18.1. The maximum absolute atomic E-state index is 11.9. The molecule has 1 aliphatic rings. The van der Waals surface area contributed by atoms with Crippen LogP contribution in [-0.2, 0) is 23.1 Å². The lowest BCUT2D eigenvalue weighted by Crippen LogP contribution is -2.24. The predicted octanol–water partition coefficient (Wildman–Crippen LogP) is 5.92. The number of ether oxygens (including phenoxy) is 3. The van der Waals surface area contributed by atoms with Crippen LogP contribution >= 0.6 is 11.6 Å². The number of aliphatic hydroxyl groups is 1. The SMILES string of the molecule is Cc1c(COc2cc(OCc3cncc(S(C)(=O)=O)c3)c(C=O)cc2Cl)cccc1-c1cccc(OCCCN2CCC(O)C2)c1. The molecule has 0 aliphatic carbocycles. The molecule has 9 nitrogen and oxygen atoms in total. The van der Waals surface area contributed by atoms with Crippen molar-refractivity contribution in [2.24, 2.45) is 0 Å². The number of pyridine rings is 1. The van der Waals surface area contributed by atoms with E-state index in [2.05, 4.69) is 16.0 Å². The van der Waals surface area contributed by atoms with Crippen molar-refractivity contribution in [2.75, 3.05) is 32.5 Å². The average Bonchev–Trinajstić information content (AvgIpc) is 3.46. The minimum Gasteiger partial charge on any atom is -0.494 e. The second kappa shape index (κ2) is 15.1. The van der Waals surface area contributed by atoms with E-state index < -0.39 is 9.84 Å².